The van der Waals surface area contributed by atoms with Gasteiger partial charge in [-0.25, -0.2) is 4.79 Å². The van der Waals surface area contributed by atoms with E-state index in [0.29, 0.717) is 30.1 Å². The minimum absolute atomic E-state index is 0.106. The van der Waals surface area contributed by atoms with Gasteiger partial charge in [-0.05, 0) is 48.9 Å². The summed E-state index contributed by atoms with van der Waals surface area (Å²) in [5, 5.41) is 5.83. The average Bonchev–Trinajstić information content (AvgIpc) is 3.56. The standard InChI is InChI=1S/C25H29N3O4/c1-3-21(29)27-20-6-4-5-19(13-20)23-22(24(30)26-14-17-11-12-17)28(25(31)32-23)15-18-9-7-16(2)8-10-18/h4-10,13,17,22-23H,3,11-12,14-15H2,1-2H3,(H,26,30)(H,27,29)/t22-,23+/m0/s1. The monoisotopic (exact) mass is 435 g/mol. The molecule has 1 aliphatic heterocycles. The minimum Gasteiger partial charge on any atom is -0.438 e. The summed E-state index contributed by atoms with van der Waals surface area (Å²) in [4.78, 5) is 39.4. The molecule has 1 aliphatic carbocycles. The zero-order valence-corrected chi connectivity index (χ0v) is 18.5. The van der Waals surface area contributed by atoms with E-state index in [4.69, 9.17) is 4.74 Å². The van der Waals surface area contributed by atoms with E-state index in [9.17, 15) is 14.4 Å². The predicted molar refractivity (Wildman–Crippen MR) is 121 cm³/mol. The lowest BCUT2D eigenvalue weighted by molar-refractivity contribution is -0.126. The molecule has 0 unspecified atom stereocenters. The predicted octanol–water partition coefficient (Wildman–Crippen LogP) is 3.93. The van der Waals surface area contributed by atoms with Crippen LogP contribution in [0, 0.1) is 12.8 Å². The molecule has 2 fully saturated rings. The van der Waals surface area contributed by atoms with Gasteiger partial charge in [-0.2, -0.15) is 0 Å². The van der Waals surface area contributed by atoms with Gasteiger partial charge in [-0.15, -0.1) is 0 Å². The van der Waals surface area contributed by atoms with Crippen molar-refractivity contribution in [3.05, 3.63) is 65.2 Å². The lowest BCUT2D eigenvalue weighted by atomic mass is 10.00. The second kappa shape index (κ2) is 9.42. The van der Waals surface area contributed by atoms with Crippen LogP contribution in [-0.2, 0) is 20.9 Å². The Morgan fingerprint density at radius 3 is 2.56 bits per heavy atom. The molecule has 7 heteroatoms. The Labute approximate surface area is 188 Å². The van der Waals surface area contributed by atoms with Crippen molar-refractivity contribution in [1.82, 2.24) is 10.2 Å². The van der Waals surface area contributed by atoms with E-state index < -0.39 is 18.2 Å². The first-order valence-corrected chi connectivity index (χ1v) is 11.1. The van der Waals surface area contributed by atoms with Crippen molar-refractivity contribution in [2.45, 2.75) is 51.8 Å². The van der Waals surface area contributed by atoms with Crippen LogP contribution < -0.4 is 10.6 Å². The van der Waals surface area contributed by atoms with Crippen LogP contribution in [0.5, 0.6) is 0 Å². The van der Waals surface area contributed by atoms with Gasteiger partial charge in [0.05, 0.1) is 6.54 Å². The van der Waals surface area contributed by atoms with E-state index in [1.165, 1.54) is 4.90 Å². The number of benzene rings is 2. The van der Waals surface area contributed by atoms with Crippen molar-refractivity contribution in [1.29, 1.82) is 0 Å². The summed E-state index contributed by atoms with van der Waals surface area (Å²) in [6.07, 6.45) is 1.32. The molecule has 0 spiro atoms. The average molecular weight is 436 g/mol. The molecular formula is C25H29N3O4. The fraction of sp³-hybridized carbons (Fsp3) is 0.400. The summed E-state index contributed by atoms with van der Waals surface area (Å²) in [6, 6.07) is 14.2. The van der Waals surface area contributed by atoms with Crippen molar-refractivity contribution in [2.75, 3.05) is 11.9 Å². The summed E-state index contributed by atoms with van der Waals surface area (Å²) in [7, 11) is 0. The summed E-state index contributed by atoms with van der Waals surface area (Å²) < 4.78 is 5.71. The van der Waals surface area contributed by atoms with Gasteiger partial charge in [-0.3, -0.25) is 14.5 Å². The number of amides is 3. The number of carbonyl (C=O) groups is 3. The zero-order chi connectivity index (χ0) is 22.7. The molecule has 0 aromatic heterocycles. The van der Waals surface area contributed by atoms with Crippen LogP contribution in [0.25, 0.3) is 0 Å². The van der Waals surface area contributed by atoms with Crippen LogP contribution in [0.2, 0.25) is 0 Å². The summed E-state index contributed by atoms with van der Waals surface area (Å²) in [5.41, 5.74) is 3.34. The van der Waals surface area contributed by atoms with Crippen LogP contribution in [-0.4, -0.2) is 35.4 Å². The highest BCUT2D eigenvalue weighted by atomic mass is 16.6. The summed E-state index contributed by atoms with van der Waals surface area (Å²) in [5.74, 6) is 0.196. The Morgan fingerprint density at radius 1 is 1.12 bits per heavy atom. The van der Waals surface area contributed by atoms with E-state index in [1.54, 1.807) is 25.1 Å². The van der Waals surface area contributed by atoms with Gasteiger partial charge in [-0.1, -0.05) is 48.9 Å². The second-order valence-corrected chi connectivity index (χ2v) is 8.58. The van der Waals surface area contributed by atoms with Crippen molar-refractivity contribution in [3.63, 3.8) is 0 Å². The van der Waals surface area contributed by atoms with Gasteiger partial charge in [0.25, 0.3) is 0 Å². The van der Waals surface area contributed by atoms with E-state index in [2.05, 4.69) is 10.6 Å². The smallest absolute Gasteiger partial charge is 0.411 e. The van der Waals surface area contributed by atoms with E-state index in [0.717, 1.165) is 24.0 Å². The number of nitrogens with zero attached hydrogens (tertiary/aromatic N) is 1. The molecule has 2 aromatic rings. The van der Waals surface area contributed by atoms with E-state index >= 15 is 0 Å². The van der Waals surface area contributed by atoms with Gasteiger partial charge in [0, 0.05) is 18.7 Å². The van der Waals surface area contributed by atoms with Crippen molar-refractivity contribution in [3.8, 4) is 0 Å². The number of rotatable bonds is 8. The van der Waals surface area contributed by atoms with Crippen molar-refractivity contribution < 1.29 is 19.1 Å². The maximum Gasteiger partial charge on any atom is 0.411 e. The molecule has 1 saturated carbocycles. The number of hydrogen-bond donors (Lipinski definition) is 2. The van der Waals surface area contributed by atoms with Gasteiger partial charge in [0.1, 0.15) is 0 Å². The number of carbonyl (C=O) groups excluding carboxylic acids is 3. The molecule has 1 saturated heterocycles. The van der Waals surface area contributed by atoms with Gasteiger partial charge >= 0.3 is 6.09 Å². The Balaban J connectivity index is 1.60. The minimum atomic E-state index is -0.792. The lowest BCUT2D eigenvalue weighted by Gasteiger charge is -2.24. The molecule has 3 amide bonds. The van der Waals surface area contributed by atoms with Crippen LogP contribution in [0.4, 0.5) is 10.5 Å². The Hall–Kier alpha value is -3.35. The molecular weight excluding hydrogens is 406 g/mol. The molecule has 4 rings (SSSR count). The van der Waals surface area contributed by atoms with E-state index in [1.807, 2.05) is 37.3 Å². The fourth-order valence-corrected chi connectivity index (χ4v) is 3.81. The quantitative estimate of drug-likeness (QED) is 0.658. The highest BCUT2D eigenvalue weighted by Crippen LogP contribution is 2.35. The van der Waals surface area contributed by atoms with Crippen LogP contribution in [0.15, 0.2) is 48.5 Å². The topological polar surface area (TPSA) is 87.7 Å². The van der Waals surface area contributed by atoms with Crippen LogP contribution in [0.3, 0.4) is 0 Å². The molecule has 1 heterocycles. The van der Waals surface area contributed by atoms with Gasteiger partial charge in [0.15, 0.2) is 12.1 Å². The number of cyclic esters (lactones) is 1. The first-order valence-electron chi connectivity index (χ1n) is 11.1. The Morgan fingerprint density at radius 2 is 1.88 bits per heavy atom. The lowest BCUT2D eigenvalue weighted by Crippen LogP contribution is -2.46. The number of nitrogens with one attached hydrogen (secondary N) is 2. The molecule has 2 aromatic carbocycles. The van der Waals surface area contributed by atoms with Crippen molar-refractivity contribution >= 4 is 23.6 Å². The molecule has 32 heavy (non-hydrogen) atoms. The maximum absolute atomic E-state index is 13.2. The molecule has 7 nitrogen and oxygen atoms in total. The normalized spacial score (nSPS) is 20.1. The molecule has 168 valence electrons. The van der Waals surface area contributed by atoms with Crippen molar-refractivity contribution in [2.24, 2.45) is 5.92 Å². The third-order valence-electron chi connectivity index (χ3n) is 5.91. The van der Waals surface area contributed by atoms with Gasteiger partial charge in [0.2, 0.25) is 11.8 Å². The molecule has 2 N–H and O–H groups in total. The van der Waals surface area contributed by atoms with Crippen LogP contribution in [0.1, 0.15) is 49.0 Å². The fourth-order valence-electron chi connectivity index (χ4n) is 3.81. The highest BCUT2D eigenvalue weighted by molar-refractivity contribution is 5.91. The first-order chi connectivity index (χ1) is 15.4. The maximum atomic E-state index is 13.2. The third kappa shape index (κ3) is 5.10. The zero-order valence-electron chi connectivity index (χ0n) is 18.5. The summed E-state index contributed by atoms with van der Waals surface area (Å²) >= 11 is 0. The molecule has 2 aliphatic rings. The first kappa shape index (κ1) is 21.9. The van der Waals surface area contributed by atoms with E-state index in [-0.39, 0.29) is 18.4 Å². The molecule has 0 radical (unpaired) electrons. The highest BCUT2D eigenvalue weighted by Gasteiger charge is 2.47. The van der Waals surface area contributed by atoms with Crippen LogP contribution >= 0.6 is 0 Å². The number of aryl methyl sites for hydroxylation is 1. The third-order valence-corrected chi connectivity index (χ3v) is 5.91. The summed E-state index contributed by atoms with van der Waals surface area (Å²) in [6.45, 7) is 4.67. The Kier molecular flexibility index (Phi) is 6.44. The number of hydrogen-bond acceptors (Lipinski definition) is 4. The number of anilines is 1. The molecule has 2 atom stereocenters. The number of ether oxygens (including phenoxy) is 1. The second-order valence-electron chi connectivity index (χ2n) is 8.58. The Bertz CT molecular complexity index is 1000. The molecule has 0 bridgehead atoms. The SMILES string of the molecule is CCC(=O)Nc1cccc([C@H]2OC(=O)N(Cc3ccc(C)cc3)[C@@H]2C(=O)NCC2CC2)c1. The largest absolute Gasteiger partial charge is 0.438 e. The van der Waals surface area contributed by atoms with Gasteiger partial charge < -0.3 is 15.4 Å².